The van der Waals surface area contributed by atoms with Crippen LogP contribution in [-0.2, 0) is 0 Å². The summed E-state index contributed by atoms with van der Waals surface area (Å²) >= 11 is 9.29. The van der Waals surface area contributed by atoms with Crippen LogP contribution in [-0.4, -0.2) is 5.91 Å². The zero-order valence-electron chi connectivity index (χ0n) is 10.1. The Morgan fingerprint density at radius 1 is 1.21 bits per heavy atom. The minimum absolute atomic E-state index is 0.295. The van der Waals surface area contributed by atoms with Gasteiger partial charge < -0.3 is 10.5 Å². The van der Waals surface area contributed by atoms with Gasteiger partial charge in [0.05, 0.1) is 5.56 Å². The first-order valence-corrected chi connectivity index (χ1v) is 6.68. The van der Waals surface area contributed by atoms with Crippen LogP contribution in [0.2, 0.25) is 5.02 Å². The number of carbonyl (C=O) groups excluding carboxylic acids is 1. The van der Waals surface area contributed by atoms with E-state index < -0.39 is 5.91 Å². The molecule has 5 heteroatoms. The summed E-state index contributed by atoms with van der Waals surface area (Å²) in [4.78, 5) is 11.4. The molecule has 0 bridgehead atoms. The topological polar surface area (TPSA) is 52.3 Å². The Balaban J connectivity index is 2.45. The molecule has 2 aromatic carbocycles. The van der Waals surface area contributed by atoms with Gasteiger partial charge in [-0.1, -0.05) is 33.6 Å². The number of amides is 1. The summed E-state index contributed by atoms with van der Waals surface area (Å²) in [5.41, 5.74) is 6.55. The Morgan fingerprint density at radius 2 is 1.95 bits per heavy atom. The van der Waals surface area contributed by atoms with Gasteiger partial charge >= 0.3 is 0 Å². The molecule has 0 unspecified atom stereocenters. The number of primary amides is 1. The van der Waals surface area contributed by atoms with Gasteiger partial charge in [-0.25, -0.2) is 0 Å². The normalized spacial score (nSPS) is 10.3. The van der Waals surface area contributed by atoms with E-state index in [1.807, 2.05) is 25.1 Å². The Bertz CT molecular complexity index is 643. The summed E-state index contributed by atoms with van der Waals surface area (Å²) in [7, 11) is 0. The van der Waals surface area contributed by atoms with Crippen LogP contribution in [0.5, 0.6) is 11.5 Å². The molecule has 0 aromatic heterocycles. The van der Waals surface area contributed by atoms with Gasteiger partial charge in [0.15, 0.2) is 0 Å². The van der Waals surface area contributed by atoms with Crippen LogP contribution >= 0.6 is 27.5 Å². The standard InChI is InChI=1S/C14H11BrClNO2/c1-8-2-3-9(15)6-12(8)19-13-7-10(16)4-5-11(13)14(17)18/h2-7H,1H3,(H2,17,18). The molecule has 0 spiro atoms. The second-order valence-electron chi connectivity index (χ2n) is 4.02. The summed E-state index contributed by atoms with van der Waals surface area (Å²) in [6, 6.07) is 10.4. The predicted molar refractivity (Wildman–Crippen MR) is 78.9 cm³/mol. The fourth-order valence-electron chi connectivity index (χ4n) is 1.59. The maximum atomic E-state index is 11.4. The first-order chi connectivity index (χ1) is 8.97. The molecule has 2 aromatic rings. The van der Waals surface area contributed by atoms with Crippen molar-refractivity contribution in [2.75, 3.05) is 0 Å². The van der Waals surface area contributed by atoms with Crippen molar-refractivity contribution in [2.45, 2.75) is 6.92 Å². The average Bonchev–Trinajstić information content (AvgIpc) is 2.33. The predicted octanol–water partition coefficient (Wildman–Crippen LogP) is 4.30. The van der Waals surface area contributed by atoms with Crippen LogP contribution in [0.1, 0.15) is 15.9 Å². The lowest BCUT2D eigenvalue weighted by Gasteiger charge is -2.12. The van der Waals surface area contributed by atoms with E-state index in [2.05, 4.69) is 15.9 Å². The highest BCUT2D eigenvalue weighted by atomic mass is 79.9. The fourth-order valence-corrected chi connectivity index (χ4v) is 2.09. The second kappa shape index (κ2) is 5.63. The zero-order valence-corrected chi connectivity index (χ0v) is 12.5. The monoisotopic (exact) mass is 339 g/mol. The first-order valence-electron chi connectivity index (χ1n) is 5.51. The van der Waals surface area contributed by atoms with Crippen molar-refractivity contribution in [3.8, 4) is 11.5 Å². The molecule has 0 heterocycles. The highest BCUT2D eigenvalue weighted by molar-refractivity contribution is 9.10. The molecule has 0 aliphatic carbocycles. The van der Waals surface area contributed by atoms with Gasteiger partial charge in [0, 0.05) is 15.6 Å². The molecule has 0 fully saturated rings. The van der Waals surface area contributed by atoms with E-state index in [1.165, 1.54) is 0 Å². The molecule has 98 valence electrons. The number of halogens is 2. The van der Waals surface area contributed by atoms with Gasteiger partial charge in [-0.3, -0.25) is 4.79 Å². The smallest absolute Gasteiger partial charge is 0.252 e. The highest BCUT2D eigenvalue weighted by Gasteiger charge is 2.12. The van der Waals surface area contributed by atoms with Crippen LogP contribution < -0.4 is 10.5 Å². The molecular weight excluding hydrogens is 330 g/mol. The lowest BCUT2D eigenvalue weighted by molar-refractivity contribution is 0.0998. The molecule has 1 amide bonds. The third kappa shape index (κ3) is 3.28. The quantitative estimate of drug-likeness (QED) is 0.905. The van der Waals surface area contributed by atoms with Crippen LogP contribution in [0.3, 0.4) is 0 Å². The third-order valence-electron chi connectivity index (χ3n) is 2.58. The van der Waals surface area contributed by atoms with E-state index >= 15 is 0 Å². The summed E-state index contributed by atoms with van der Waals surface area (Å²) in [5, 5.41) is 0.479. The van der Waals surface area contributed by atoms with Gasteiger partial charge in [0.1, 0.15) is 11.5 Å². The fraction of sp³-hybridized carbons (Fsp3) is 0.0714. The highest BCUT2D eigenvalue weighted by Crippen LogP contribution is 2.31. The molecule has 2 N–H and O–H groups in total. The van der Waals surface area contributed by atoms with Gasteiger partial charge in [-0.2, -0.15) is 0 Å². The maximum absolute atomic E-state index is 11.4. The Labute approximate surface area is 124 Å². The molecule has 3 nitrogen and oxygen atoms in total. The number of carbonyl (C=O) groups is 1. The van der Waals surface area contributed by atoms with Crippen molar-refractivity contribution < 1.29 is 9.53 Å². The summed E-state index contributed by atoms with van der Waals surface area (Å²) in [5.74, 6) is 0.430. The lowest BCUT2D eigenvalue weighted by atomic mass is 10.2. The zero-order chi connectivity index (χ0) is 14.0. The SMILES string of the molecule is Cc1ccc(Br)cc1Oc1cc(Cl)ccc1C(N)=O. The molecule has 2 rings (SSSR count). The van der Waals surface area contributed by atoms with Crippen molar-refractivity contribution >= 4 is 33.4 Å². The van der Waals surface area contributed by atoms with Crippen LogP contribution in [0.4, 0.5) is 0 Å². The Hall–Kier alpha value is -1.52. The van der Waals surface area contributed by atoms with E-state index in [9.17, 15) is 4.79 Å². The Morgan fingerprint density at radius 3 is 2.63 bits per heavy atom. The van der Waals surface area contributed by atoms with Crippen molar-refractivity contribution in [3.63, 3.8) is 0 Å². The van der Waals surface area contributed by atoms with Crippen LogP contribution in [0.15, 0.2) is 40.9 Å². The number of rotatable bonds is 3. The average molecular weight is 341 g/mol. The van der Waals surface area contributed by atoms with Crippen molar-refractivity contribution in [1.29, 1.82) is 0 Å². The molecule has 0 aliphatic rings. The number of ether oxygens (including phenoxy) is 1. The number of hydrogen-bond donors (Lipinski definition) is 1. The molecule has 0 atom stereocenters. The van der Waals surface area contributed by atoms with Crippen LogP contribution in [0, 0.1) is 6.92 Å². The Kier molecular flexibility index (Phi) is 4.12. The number of nitrogens with two attached hydrogens (primary N) is 1. The number of hydrogen-bond acceptors (Lipinski definition) is 2. The molecular formula is C14H11BrClNO2. The van der Waals surface area contributed by atoms with Crippen LogP contribution in [0.25, 0.3) is 0 Å². The summed E-state index contributed by atoms with van der Waals surface area (Å²) in [6.07, 6.45) is 0. The van der Waals surface area contributed by atoms with Crippen molar-refractivity contribution in [2.24, 2.45) is 5.73 Å². The third-order valence-corrected chi connectivity index (χ3v) is 3.31. The minimum Gasteiger partial charge on any atom is -0.456 e. The van der Waals surface area contributed by atoms with Gasteiger partial charge in [-0.05, 0) is 36.8 Å². The van der Waals surface area contributed by atoms with E-state index in [4.69, 9.17) is 22.1 Å². The largest absolute Gasteiger partial charge is 0.456 e. The summed E-state index contributed by atoms with van der Waals surface area (Å²) < 4.78 is 6.63. The molecule has 0 aliphatic heterocycles. The molecule has 0 saturated heterocycles. The van der Waals surface area contributed by atoms with E-state index in [-0.39, 0.29) is 0 Å². The molecule has 0 radical (unpaired) electrons. The van der Waals surface area contributed by atoms with Gasteiger partial charge in [0.25, 0.3) is 5.91 Å². The second-order valence-corrected chi connectivity index (χ2v) is 5.37. The minimum atomic E-state index is -0.556. The van der Waals surface area contributed by atoms with Crippen molar-refractivity contribution in [3.05, 3.63) is 57.0 Å². The molecule has 19 heavy (non-hydrogen) atoms. The number of aryl methyl sites for hydroxylation is 1. The molecule has 0 saturated carbocycles. The summed E-state index contributed by atoms with van der Waals surface area (Å²) in [6.45, 7) is 1.91. The van der Waals surface area contributed by atoms with E-state index in [0.29, 0.717) is 22.1 Å². The van der Waals surface area contributed by atoms with E-state index in [1.54, 1.807) is 18.2 Å². The van der Waals surface area contributed by atoms with E-state index in [0.717, 1.165) is 10.0 Å². The van der Waals surface area contributed by atoms with Gasteiger partial charge in [0.2, 0.25) is 0 Å². The lowest BCUT2D eigenvalue weighted by Crippen LogP contribution is -2.12. The van der Waals surface area contributed by atoms with Gasteiger partial charge in [-0.15, -0.1) is 0 Å². The van der Waals surface area contributed by atoms with Crippen molar-refractivity contribution in [1.82, 2.24) is 0 Å². The maximum Gasteiger partial charge on any atom is 0.252 e. The number of benzene rings is 2. The first kappa shape index (κ1) is 13.9.